The maximum atomic E-state index is 15.8. The summed E-state index contributed by atoms with van der Waals surface area (Å²) in [6, 6.07) is 17.1. The lowest BCUT2D eigenvalue weighted by atomic mass is 9.73. The third-order valence-corrected chi connectivity index (χ3v) is 9.95. The molecule has 12 heteroatoms. The monoisotopic (exact) mass is 694 g/mol. The Balaban J connectivity index is 1.38. The van der Waals surface area contributed by atoms with Gasteiger partial charge in [0, 0.05) is 41.8 Å². The number of aliphatic carboxylic acids is 1. The van der Waals surface area contributed by atoms with Gasteiger partial charge < -0.3 is 19.6 Å². The highest BCUT2D eigenvalue weighted by molar-refractivity contribution is 5.85. The molecule has 2 N–H and O–H groups in total. The van der Waals surface area contributed by atoms with Crippen LogP contribution in [0.1, 0.15) is 63.1 Å². The standard InChI is InChI=1S/C39H40F2N6O4/c1-23(36(48)49)17-24-7-6-8-25(18-24)39(4)14-13-38(2,3)22-50-33-12-16-43-47(33)21-29-27-11-15-42-32(27)20-31(41)34(29)51-26-9-10-30(40)28(19-26)35-44-37(39)45-46(35)5/h6-12,15-16,18-20,23,42H,13-14,17,21-22H2,1-5H3,(H,48,49). The molecule has 3 aromatic carbocycles. The summed E-state index contributed by atoms with van der Waals surface area (Å²) >= 11 is 0. The van der Waals surface area contributed by atoms with Crippen molar-refractivity contribution in [3.63, 3.8) is 0 Å². The van der Waals surface area contributed by atoms with Crippen LogP contribution in [0.15, 0.2) is 73.1 Å². The summed E-state index contributed by atoms with van der Waals surface area (Å²) in [4.78, 5) is 19.7. The van der Waals surface area contributed by atoms with E-state index in [2.05, 4.69) is 30.9 Å². The van der Waals surface area contributed by atoms with Gasteiger partial charge >= 0.3 is 5.97 Å². The lowest BCUT2D eigenvalue weighted by Gasteiger charge is -2.33. The molecule has 3 aromatic heterocycles. The van der Waals surface area contributed by atoms with Crippen molar-refractivity contribution < 1.29 is 28.2 Å². The molecule has 4 heterocycles. The van der Waals surface area contributed by atoms with Crippen LogP contribution in [0.25, 0.3) is 22.3 Å². The summed E-state index contributed by atoms with van der Waals surface area (Å²) in [5.74, 6) is -1.06. The number of fused-ring (bicyclic) bond motifs is 9. The highest BCUT2D eigenvalue weighted by Gasteiger charge is 2.37. The Morgan fingerprint density at radius 3 is 2.69 bits per heavy atom. The third-order valence-electron chi connectivity index (χ3n) is 9.95. The quantitative estimate of drug-likeness (QED) is 0.192. The molecule has 51 heavy (non-hydrogen) atoms. The molecule has 0 saturated heterocycles. The number of aromatic amines is 1. The average Bonchev–Trinajstić information content (AvgIpc) is 3.85. The highest BCUT2D eigenvalue weighted by Crippen LogP contribution is 2.41. The highest BCUT2D eigenvalue weighted by atomic mass is 19.1. The number of hydrogen-bond donors (Lipinski definition) is 2. The molecule has 2 unspecified atom stereocenters. The summed E-state index contributed by atoms with van der Waals surface area (Å²) in [6.07, 6.45) is 5.04. The molecule has 10 nitrogen and oxygen atoms in total. The van der Waals surface area contributed by atoms with Crippen LogP contribution in [-0.2, 0) is 30.2 Å². The maximum Gasteiger partial charge on any atom is 0.306 e. The zero-order valence-corrected chi connectivity index (χ0v) is 29.2. The lowest BCUT2D eigenvalue weighted by Crippen LogP contribution is -2.30. The predicted octanol–water partition coefficient (Wildman–Crippen LogP) is 8.05. The van der Waals surface area contributed by atoms with Crippen molar-refractivity contribution in [2.24, 2.45) is 18.4 Å². The van der Waals surface area contributed by atoms with Gasteiger partial charge in [-0.25, -0.2) is 23.1 Å². The predicted molar refractivity (Wildman–Crippen MR) is 188 cm³/mol. The summed E-state index contributed by atoms with van der Waals surface area (Å²) < 4.78 is 47.4. The van der Waals surface area contributed by atoms with Crippen LogP contribution < -0.4 is 9.47 Å². The fourth-order valence-electron chi connectivity index (χ4n) is 6.71. The number of carboxylic acids is 1. The van der Waals surface area contributed by atoms with Gasteiger partial charge in [0.2, 0.25) is 5.88 Å². The second-order valence-electron chi connectivity index (χ2n) is 14.5. The van der Waals surface area contributed by atoms with E-state index >= 15 is 8.78 Å². The molecule has 264 valence electrons. The zero-order valence-electron chi connectivity index (χ0n) is 29.2. The maximum absolute atomic E-state index is 15.8. The number of nitrogens with one attached hydrogen (secondary N) is 1. The molecule has 7 rings (SSSR count). The molecular formula is C39H40F2N6O4. The second kappa shape index (κ2) is 13.0. The van der Waals surface area contributed by atoms with Crippen LogP contribution in [0, 0.1) is 23.0 Å². The van der Waals surface area contributed by atoms with E-state index < -0.39 is 28.9 Å². The lowest BCUT2D eigenvalue weighted by molar-refractivity contribution is -0.141. The van der Waals surface area contributed by atoms with Gasteiger partial charge in [0.25, 0.3) is 0 Å². The Morgan fingerprint density at radius 2 is 1.88 bits per heavy atom. The zero-order chi connectivity index (χ0) is 36.1. The first-order valence-corrected chi connectivity index (χ1v) is 17.0. The van der Waals surface area contributed by atoms with Gasteiger partial charge in [-0.3, -0.25) is 4.79 Å². The van der Waals surface area contributed by atoms with Crippen molar-refractivity contribution >= 4 is 16.9 Å². The number of carboxylic acid groups (broad SMARTS) is 1. The van der Waals surface area contributed by atoms with Crippen molar-refractivity contribution in [2.45, 2.75) is 58.9 Å². The molecule has 0 aliphatic carbocycles. The fraction of sp³-hybridized carbons (Fsp3) is 0.333. The number of H-pyrrole nitrogens is 1. The number of carbonyl (C=O) groups is 1. The van der Waals surface area contributed by atoms with E-state index in [1.807, 2.05) is 30.3 Å². The topological polar surface area (TPSA) is 120 Å². The molecule has 1 aliphatic heterocycles. The minimum atomic E-state index is -0.862. The minimum absolute atomic E-state index is 0.00844. The van der Waals surface area contributed by atoms with E-state index in [4.69, 9.17) is 19.6 Å². The van der Waals surface area contributed by atoms with Gasteiger partial charge in [0.05, 0.1) is 36.2 Å². The van der Waals surface area contributed by atoms with Gasteiger partial charge in [-0.1, -0.05) is 45.0 Å². The van der Waals surface area contributed by atoms with Crippen molar-refractivity contribution in [2.75, 3.05) is 6.61 Å². The van der Waals surface area contributed by atoms with E-state index in [0.717, 1.165) is 16.5 Å². The van der Waals surface area contributed by atoms with Gasteiger partial charge in [0.1, 0.15) is 11.6 Å². The molecule has 6 aromatic rings. The minimum Gasteiger partial charge on any atom is -0.481 e. The molecule has 2 atom stereocenters. The van der Waals surface area contributed by atoms with Gasteiger partial charge in [-0.2, -0.15) is 10.2 Å². The number of ether oxygens (including phenoxy) is 2. The Kier molecular flexibility index (Phi) is 8.64. The second-order valence-corrected chi connectivity index (χ2v) is 14.5. The number of aromatic nitrogens is 6. The molecule has 0 spiro atoms. The first-order chi connectivity index (χ1) is 24.3. The molecule has 1 aliphatic rings. The summed E-state index contributed by atoms with van der Waals surface area (Å²) in [5, 5.41) is 19.7. The SMILES string of the molecule is CC(Cc1cccc(C2(C)CCC(C)(C)COc3ccnn3Cc3c(c(F)cc4[nH]ccc34)Oc3ccc(F)c(c3)-c3nc2nn3C)c1)C(=O)O. The Labute approximate surface area is 294 Å². The van der Waals surface area contributed by atoms with Crippen LogP contribution in [0.2, 0.25) is 0 Å². The first kappa shape index (κ1) is 34.0. The van der Waals surface area contributed by atoms with Gasteiger partial charge in [-0.15, -0.1) is 0 Å². The number of aryl methyl sites for hydroxylation is 1. The van der Waals surface area contributed by atoms with E-state index in [-0.39, 0.29) is 34.8 Å². The van der Waals surface area contributed by atoms with Crippen LogP contribution in [-0.4, -0.2) is 47.2 Å². The molecule has 0 amide bonds. The van der Waals surface area contributed by atoms with Crippen molar-refractivity contribution in [1.82, 2.24) is 29.5 Å². The number of hydrogen-bond acceptors (Lipinski definition) is 6. The number of benzene rings is 3. The summed E-state index contributed by atoms with van der Waals surface area (Å²) in [6.45, 7) is 8.50. The Hall–Kier alpha value is -5.52. The van der Waals surface area contributed by atoms with Crippen molar-refractivity contribution in [3.05, 3.63) is 107 Å². The van der Waals surface area contributed by atoms with E-state index in [1.54, 1.807) is 41.8 Å². The van der Waals surface area contributed by atoms with E-state index in [0.29, 0.717) is 48.7 Å². The van der Waals surface area contributed by atoms with Crippen molar-refractivity contribution in [1.29, 1.82) is 0 Å². The first-order valence-electron chi connectivity index (χ1n) is 17.0. The Bertz CT molecular complexity index is 2260. The fourth-order valence-corrected chi connectivity index (χ4v) is 6.71. The molecular weight excluding hydrogens is 654 g/mol. The van der Waals surface area contributed by atoms with E-state index in [1.165, 1.54) is 24.3 Å². The summed E-state index contributed by atoms with van der Waals surface area (Å²) in [7, 11) is 1.71. The number of rotatable bonds is 4. The molecule has 0 radical (unpaired) electrons. The van der Waals surface area contributed by atoms with E-state index in [9.17, 15) is 9.90 Å². The van der Waals surface area contributed by atoms with Crippen LogP contribution in [0.4, 0.5) is 8.78 Å². The molecule has 4 bridgehead atoms. The van der Waals surface area contributed by atoms with Crippen LogP contribution >= 0.6 is 0 Å². The smallest absolute Gasteiger partial charge is 0.306 e. The molecule has 0 fully saturated rings. The number of nitrogens with zero attached hydrogens (tertiary/aromatic N) is 5. The molecule has 0 saturated carbocycles. The number of halogens is 2. The van der Waals surface area contributed by atoms with Gasteiger partial charge in [0.15, 0.2) is 23.2 Å². The third kappa shape index (κ3) is 6.58. The van der Waals surface area contributed by atoms with Crippen molar-refractivity contribution in [3.8, 4) is 28.8 Å². The summed E-state index contributed by atoms with van der Waals surface area (Å²) in [5.41, 5.74) is 2.00. The largest absolute Gasteiger partial charge is 0.481 e. The van der Waals surface area contributed by atoms with Crippen LogP contribution in [0.3, 0.4) is 0 Å². The normalized spacial score (nSPS) is 18.1. The van der Waals surface area contributed by atoms with Gasteiger partial charge in [-0.05, 0) is 67.0 Å². The average molecular weight is 695 g/mol. The van der Waals surface area contributed by atoms with Crippen LogP contribution in [0.5, 0.6) is 17.4 Å². The Morgan fingerprint density at radius 1 is 1.06 bits per heavy atom.